The first-order valence-electron chi connectivity index (χ1n) is 6.33. The van der Waals surface area contributed by atoms with E-state index in [1.54, 1.807) is 0 Å². The molecule has 0 aromatic heterocycles. The molecule has 1 aliphatic rings. The van der Waals surface area contributed by atoms with Gasteiger partial charge in [-0.3, -0.25) is 4.90 Å². The second-order valence-electron chi connectivity index (χ2n) is 5.13. The van der Waals surface area contributed by atoms with Crippen LogP contribution in [0, 0.1) is 9.49 Å². The van der Waals surface area contributed by atoms with Crippen LogP contribution in [0.5, 0.6) is 0 Å². The number of hydrogen-bond acceptors (Lipinski definition) is 2. The summed E-state index contributed by atoms with van der Waals surface area (Å²) in [5.74, 6) is 0.668. The van der Waals surface area contributed by atoms with Crippen LogP contribution >= 0.6 is 22.6 Å². The lowest BCUT2D eigenvalue weighted by molar-refractivity contribution is 0.248. The van der Waals surface area contributed by atoms with E-state index in [2.05, 4.69) is 65.6 Å². The van der Waals surface area contributed by atoms with E-state index < -0.39 is 0 Å². The van der Waals surface area contributed by atoms with Crippen LogP contribution in [0.1, 0.15) is 31.9 Å². The first-order chi connectivity index (χ1) is 8.08. The smallest absolute Gasteiger partial charge is 0.0320 e. The normalized spacial score (nSPS) is 24.8. The molecule has 1 heterocycles. The summed E-state index contributed by atoms with van der Waals surface area (Å²) in [4.78, 5) is 2.55. The van der Waals surface area contributed by atoms with Crippen molar-refractivity contribution in [1.82, 2.24) is 4.90 Å². The zero-order valence-corrected chi connectivity index (χ0v) is 12.7. The maximum absolute atomic E-state index is 5.99. The van der Waals surface area contributed by atoms with Crippen molar-refractivity contribution in [3.05, 3.63) is 33.4 Å². The predicted molar refractivity (Wildman–Crippen MR) is 80.9 cm³/mol. The van der Waals surface area contributed by atoms with Crippen molar-refractivity contribution in [3.8, 4) is 0 Å². The molecule has 2 N–H and O–H groups in total. The zero-order chi connectivity index (χ0) is 12.4. The minimum Gasteiger partial charge on any atom is -0.328 e. The van der Waals surface area contributed by atoms with E-state index >= 15 is 0 Å². The van der Waals surface area contributed by atoms with E-state index in [0.29, 0.717) is 18.0 Å². The summed E-state index contributed by atoms with van der Waals surface area (Å²) < 4.78 is 1.30. The summed E-state index contributed by atoms with van der Waals surface area (Å²) in [5.41, 5.74) is 7.40. The number of nitrogens with zero attached hydrogens (tertiary/aromatic N) is 1. The third kappa shape index (κ3) is 3.20. The third-order valence-electron chi connectivity index (χ3n) is 3.90. The molecule has 0 saturated carbocycles. The molecule has 1 fully saturated rings. The summed E-state index contributed by atoms with van der Waals surface area (Å²) in [6.07, 6.45) is 1.24. The molecule has 3 heteroatoms. The molecule has 1 aromatic rings. The van der Waals surface area contributed by atoms with Gasteiger partial charge in [0.1, 0.15) is 0 Å². The van der Waals surface area contributed by atoms with Crippen LogP contribution in [0.3, 0.4) is 0 Å². The van der Waals surface area contributed by atoms with Crippen molar-refractivity contribution < 1.29 is 0 Å². The largest absolute Gasteiger partial charge is 0.328 e. The van der Waals surface area contributed by atoms with Gasteiger partial charge in [0.2, 0.25) is 0 Å². The molecule has 0 spiro atoms. The van der Waals surface area contributed by atoms with Crippen LogP contribution in [0.4, 0.5) is 0 Å². The lowest BCUT2D eigenvalue weighted by Crippen LogP contribution is -2.30. The highest BCUT2D eigenvalue weighted by atomic mass is 127. The van der Waals surface area contributed by atoms with E-state index in [1.165, 1.54) is 22.1 Å². The summed E-state index contributed by atoms with van der Waals surface area (Å²) in [6, 6.07) is 9.69. The Morgan fingerprint density at radius 2 is 1.94 bits per heavy atom. The second kappa shape index (κ2) is 5.67. The van der Waals surface area contributed by atoms with Gasteiger partial charge in [0, 0.05) is 22.2 Å². The predicted octanol–water partition coefficient (Wildman–Crippen LogP) is 3.02. The molecule has 2 nitrogen and oxygen atoms in total. The van der Waals surface area contributed by atoms with Gasteiger partial charge < -0.3 is 5.73 Å². The van der Waals surface area contributed by atoms with E-state index in [-0.39, 0.29) is 0 Å². The van der Waals surface area contributed by atoms with Gasteiger partial charge in [0.25, 0.3) is 0 Å². The van der Waals surface area contributed by atoms with Crippen LogP contribution in [0.2, 0.25) is 0 Å². The van der Waals surface area contributed by atoms with Gasteiger partial charge in [0.15, 0.2) is 0 Å². The molecule has 1 aromatic carbocycles. The van der Waals surface area contributed by atoms with Crippen LogP contribution < -0.4 is 5.73 Å². The molecule has 1 saturated heterocycles. The minimum absolute atomic E-state index is 0.323. The van der Waals surface area contributed by atoms with Crippen molar-refractivity contribution in [2.45, 2.75) is 32.4 Å². The highest BCUT2D eigenvalue weighted by molar-refractivity contribution is 14.1. The third-order valence-corrected chi connectivity index (χ3v) is 4.62. The fraction of sp³-hybridized carbons (Fsp3) is 0.571. The van der Waals surface area contributed by atoms with Gasteiger partial charge in [0.05, 0.1) is 0 Å². The molecule has 3 atom stereocenters. The standard InChI is InChI=1S/C14H21IN2/c1-10(16)13-7-8-17(9-13)11(2)12-3-5-14(15)6-4-12/h3-6,10-11,13H,7-9,16H2,1-2H3. The molecule has 94 valence electrons. The van der Waals surface area contributed by atoms with E-state index in [1.807, 2.05) is 0 Å². The monoisotopic (exact) mass is 344 g/mol. The molecular formula is C14H21IN2. The van der Waals surface area contributed by atoms with Crippen molar-refractivity contribution in [2.75, 3.05) is 13.1 Å². The highest BCUT2D eigenvalue weighted by Gasteiger charge is 2.28. The van der Waals surface area contributed by atoms with E-state index in [0.717, 1.165) is 6.54 Å². The molecule has 0 amide bonds. The average Bonchev–Trinajstić information content (AvgIpc) is 2.78. The van der Waals surface area contributed by atoms with Crippen LogP contribution in [-0.4, -0.2) is 24.0 Å². The second-order valence-corrected chi connectivity index (χ2v) is 6.38. The van der Waals surface area contributed by atoms with E-state index in [4.69, 9.17) is 5.73 Å². The van der Waals surface area contributed by atoms with Crippen LogP contribution in [0.15, 0.2) is 24.3 Å². The van der Waals surface area contributed by atoms with Crippen LogP contribution in [0.25, 0.3) is 0 Å². The Labute approximate surface area is 118 Å². The van der Waals surface area contributed by atoms with Crippen molar-refractivity contribution in [3.63, 3.8) is 0 Å². The van der Waals surface area contributed by atoms with Gasteiger partial charge in [-0.1, -0.05) is 12.1 Å². The van der Waals surface area contributed by atoms with Crippen molar-refractivity contribution in [2.24, 2.45) is 11.7 Å². The van der Waals surface area contributed by atoms with Gasteiger partial charge in [-0.15, -0.1) is 0 Å². The first kappa shape index (κ1) is 13.3. The lowest BCUT2D eigenvalue weighted by Gasteiger charge is -2.25. The number of rotatable bonds is 3. The number of hydrogen-bond donors (Lipinski definition) is 1. The molecule has 0 aliphatic carbocycles. The van der Waals surface area contributed by atoms with Crippen molar-refractivity contribution in [1.29, 1.82) is 0 Å². The number of benzene rings is 1. The molecule has 0 radical (unpaired) electrons. The molecule has 3 unspecified atom stereocenters. The Bertz CT molecular complexity index is 361. The first-order valence-corrected chi connectivity index (χ1v) is 7.41. The Balaban J connectivity index is 2.01. The number of nitrogens with two attached hydrogens (primary N) is 1. The van der Waals surface area contributed by atoms with E-state index in [9.17, 15) is 0 Å². The fourth-order valence-electron chi connectivity index (χ4n) is 2.55. The molecule has 0 bridgehead atoms. The highest BCUT2D eigenvalue weighted by Crippen LogP contribution is 2.28. The van der Waals surface area contributed by atoms with Crippen molar-refractivity contribution >= 4 is 22.6 Å². The SMILES string of the molecule is CC(N)C1CCN(C(C)c2ccc(I)cc2)C1. The van der Waals surface area contributed by atoms with Gasteiger partial charge in [-0.25, -0.2) is 0 Å². The topological polar surface area (TPSA) is 29.3 Å². The number of likely N-dealkylation sites (tertiary alicyclic amines) is 1. The molecule has 2 rings (SSSR count). The minimum atomic E-state index is 0.323. The maximum Gasteiger partial charge on any atom is 0.0320 e. The summed E-state index contributed by atoms with van der Waals surface area (Å²) in [6.45, 7) is 6.75. The lowest BCUT2D eigenvalue weighted by atomic mass is 10.0. The Hall–Kier alpha value is -0.130. The Morgan fingerprint density at radius 1 is 1.29 bits per heavy atom. The molecule has 17 heavy (non-hydrogen) atoms. The quantitative estimate of drug-likeness (QED) is 0.854. The average molecular weight is 344 g/mol. The summed E-state index contributed by atoms with van der Waals surface area (Å²) in [7, 11) is 0. The fourth-order valence-corrected chi connectivity index (χ4v) is 2.91. The van der Waals surface area contributed by atoms with Gasteiger partial charge in [-0.05, 0) is 73.0 Å². The summed E-state index contributed by atoms with van der Waals surface area (Å²) >= 11 is 2.35. The number of halogens is 1. The maximum atomic E-state index is 5.99. The zero-order valence-electron chi connectivity index (χ0n) is 10.6. The van der Waals surface area contributed by atoms with Gasteiger partial charge >= 0.3 is 0 Å². The molecule has 1 aliphatic heterocycles. The summed E-state index contributed by atoms with van der Waals surface area (Å²) in [5, 5.41) is 0. The van der Waals surface area contributed by atoms with Crippen LogP contribution in [-0.2, 0) is 0 Å². The van der Waals surface area contributed by atoms with Gasteiger partial charge in [-0.2, -0.15) is 0 Å². The molecular weight excluding hydrogens is 323 g/mol. The Morgan fingerprint density at radius 3 is 2.47 bits per heavy atom. The Kier molecular flexibility index (Phi) is 4.44.